The lowest BCUT2D eigenvalue weighted by molar-refractivity contribution is -0.114. The highest BCUT2D eigenvalue weighted by atomic mass is 16.2. The molecule has 0 aliphatic carbocycles. The Morgan fingerprint density at radius 1 is 1.12 bits per heavy atom. The van der Waals surface area contributed by atoms with Crippen molar-refractivity contribution >= 4 is 34.6 Å². The van der Waals surface area contributed by atoms with E-state index in [1.165, 1.54) is 6.92 Å². The van der Waals surface area contributed by atoms with Crippen molar-refractivity contribution < 1.29 is 9.59 Å². The van der Waals surface area contributed by atoms with Crippen LogP contribution in [-0.4, -0.2) is 22.6 Å². The van der Waals surface area contributed by atoms with E-state index in [2.05, 4.69) is 15.8 Å². The molecule has 2 amide bonds. The lowest BCUT2D eigenvalue weighted by Gasteiger charge is -2.04. The molecule has 0 spiro atoms. The van der Waals surface area contributed by atoms with Gasteiger partial charge in [-0.25, -0.2) is 5.43 Å². The molecule has 25 heavy (non-hydrogen) atoms. The fraction of sp³-hybridized carbons (Fsp3) is 0.105. The minimum Gasteiger partial charge on any atom is -0.350 e. The van der Waals surface area contributed by atoms with Gasteiger partial charge < -0.3 is 9.88 Å². The number of anilines is 1. The number of benzene rings is 2. The van der Waals surface area contributed by atoms with Gasteiger partial charge in [-0.1, -0.05) is 24.3 Å². The second kappa shape index (κ2) is 7.00. The molecule has 0 aliphatic heterocycles. The number of hydrogen-bond acceptors (Lipinski definition) is 3. The average molecular weight is 334 g/mol. The smallest absolute Gasteiger partial charge is 0.271 e. The fourth-order valence-electron chi connectivity index (χ4n) is 2.64. The SMILES string of the molecule is CC(=O)Nc1cccc(C(=O)NN=Cc2cn(C)c3ccccc23)c1. The van der Waals surface area contributed by atoms with Crippen molar-refractivity contribution in [1.29, 1.82) is 0 Å². The average Bonchev–Trinajstić information content (AvgIpc) is 2.91. The maximum atomic E-state index is 12.2. The molecule has 6 heteroatoms. The third kappa shape index (κ3) is 3.74. The highest BCUT2D eigenvalue weighted by Crippen LogP contribution is 2.18. The van der Waals surface area contributed by atoms with Gasteiger partial charge in [0, 0.05) is 47.9 Å². The van der Waals surface area contributed by atoms with Gasteiger partial charge in [0.25, 0.3) is 5.91 Å². The molecule has 0 aliphatic rings. The Morgan fingerprint density at radius 2 is 1.92 bits per heavy atom. The van der Waals surface area contributed by atoms with Crippen LogP contribution < -0.4 is 10.7 Å². The van der Waals surface area contributed by atoms with Crippen LogP contribution in [0.1, 0.15) is 22.8 Å². The molecule has 0 radical (unpaired) electrons. The summed E-state index contributed by atoms with van der Waals surface area (Å²) in [6.45, 7) is 1.42. The second-order valence-corrected chi connectivity index (χ2v) is 5.67. The molecule has 1 heterocycles. The van der Waals surface area contributed by atoms with Gasteiger partial charge in [0.2, 0.25) is 5.91 Å². The van der Waals surface area contributed by atoms with Crippen molar-refractivity contribution in [2.75, 3.05) is 5.32 Å². The first kappa shape index (κ1) is 16.4. The van der Waals surface area contributed by atoms with Gasteiger partial charge in [0.15, 0.2) is 0 Å². The molecule has 126 valence electrons. The van der Waals surface area contributed by atoms with E-state index in [1.807, 2.05) is 42.1 Å². The summed E-state index contributed by atoms with van der Waals surface area (Å²) in [7, 11) is 1.96. The van der Waals surface area contributed by atoms with Gasteiger partial charge >= 0.3 is 0 Å². The van der Waals surface area contributed by atoms with Crippen molar-refractivity contribution in [2.45, 2.75) is 6.92 Å². The minimum absolute atomic E-state index is 0.188. The maximum absolute atomic E-state index is 12.2. The molecular weight excluding hydrogens is 316 g/mol. The van der Waals surface area contributed by atoms with E-state index in [0.717, 1.165) is 16.5 Å². The summed E-state index contributed by atoms with van der Waals surface area (Å²) in [5.74, 6) is -0.532. The number of nitrogens with zero attached hydrogens (tertiary/aromatic N) is 2. The maximum Gasteiger partial charge on any atom is 0.271 e. The van der Waals surface area contributed by atoms with Gasteiger partial charge in [-0.3, -0.25) is 9.59 Å². The fourth-order valence-corrected chi connectivity index (χ4v) is 2.64. The number of hydrazone groups is 1. The summed E-state index contributed by atoms with van der Waals surface area (Å²) in [6.07, 6.45) is 3.58. The molecule has 1 aromatic heterocycles. The number of aryl methyl sites for hydroxylation is 1. The quantitative estimate of drug-likeness (QED) is 0.568. The predicted octanol–water partition coefficient (Wildman–Crippen LogP) is 2.90. The first-order chi connectivity index (χ1) is 12.0. The molecule has 0 saturated heterocycles. The first-order valence-electron chi connectivity index (χ1n) is 7.80. The zero-order chi connectivity index (χ0) is 17.8. The zero-order valence-corrected chi connectivity index (χ0v) is 14.0. The van der Waals surface area contributed by atoms with Crippen LogP contribution in [0.15, 0.2) is 59.8 Å². The summed E-state index contributed by atoms with van der Waals surface area (Å²) >= 11 is 0. The number of carbonyl (C=O) groups excluding carboxylic acids is 2. The van der Waals surface area contributed by atoms with Gasteiger partial charge in [0.05, 0.1) is 6.21 Å². The summed E-state index contributed by atoms with van der Waals surface area (Å²) < 4.78 is 2.01. The zero-order valence-electron chi connectivity index (χ0n) is 14.0. The minimum atomic E-state index is -0.344. The molecule has 0 atom stereocenters. The molecule has 0 bridgehead atoms. The molecule has 0 saturated carbocycles. The number of aromatic nitrogens is 1. The number of carbonyl (C=O) groups is 2. The van der Waals surface area contributed by atoms with Crippen molar-refractivity contribution in [3.63, 3.8) is 0 Å². The van der Waals surface area contributed by atoms with E-state index in [-0.39, 0.29) is 11.8 Å². The van der Waals surface area contributed by atoms with Gasteiger partial charge in [-0.05, 0) is 24.3 Å². The Bertz CT molecular complexity index is 972. The summed E-state index contributed by atoms with van der Waals surface area (Å²) in [5, 5.41) is 7.76. The Kier molecular flexibility index (Phi) is 4.61. The van der Waals surface area contributed by atoms with E-state index < -0.39 is 0 Å². The molecule has 3 aromatic rings. The standard InChI is InChI=1S/C19H18N4O2/c1-13(24)21-16-7-5-6-14(10-16)19(25)22-20-11-15-12-23(2)18-9-4-3-8-17(15)18/h3-12H,1-2H3,(H,21,24)(H,22,25). The third-order valence-electron chi connectivity index (χ3n) is 3.74. The number of hydrogen-bond donors (Lipinski definition) is 2. The van der Waals surface area contributed by atoms with Crippen LogP contribution in [0.25, 0.3) is 10.9 Å². The number of fused-ring (bicyclic) bond motifs is 1. The van der Waals surface area contributed by atoms with Crippen LogP contribution in [0.5, 0.6) is 0 Å². The lowest BCUT2D eigenvalue weighted by atomic mass is 10.2. The number of rotatable bonds is 4. The molecular formula is C19H18N4O2. The highest BCUT2D eigenvalue weighted by Gasteiger charge is 2.07. The van der Waals surface area contributed by atoms with Crippen LogP contribution >= 0.6 is 0 Å². The van der Waals surface area contributed by atoms with Crippen molar-refractivity contribution in [1.82, 2.24) is 9.99 Å². The predicted molar refractivity (Wildman–Crippen MR) is 98.7 cm³/mol. The number of amides is 2. The van der Waals surface area contributed by atoms with Crippen LogP contribution in [0.4, 0.5) is 5.69 Å². The van der Waals surface area contributed by atoms with Crippen LogP contribution in [0.3, 0.4) is 0 Å². The van der Waals surface area contributed by atoms with Gasteiger partial charge in [0.1, 0.15) is 0 Å². The van der Waals surface area contributed by atoms with E-state index in [4.69, 9.17) is 0 Å². The van der Waals surface area contributed by atoms with Gasteiger partial charge in [-0.15, -0.1) is 0 Å². The summed E-state index contributed by atoms with van der Waals surface area (Å²) in [6, 6.07) is 14.7. The Hall–Kier alpha value is -3.41. The molecule has 2 aromatic carbocycles. The van der Waals surface area contributed by atoms with Crippen molar-refractivity contribution in [2.24, 2.45) is 12.1 Å². The number of nitrogens with one attached hydrogen (secondary N) is 2. The van der Waals surface area contributed by atoms with Crippen molar-refractivity contribution in [3.05, 3.63) is 65.9 Å². The lowest BCUT2D eigenvalue weighted by Crippen LogP contribution is -2.18. The Morgan fingerprint density at radius 3 is 2.72 bits per heavy atom. The largest absolute Gasteiger partial charge is 0.350 e. The van der Waals surface area contributed by atoms with Crippen LogP contribution in [0, 0.1) is 0 Å². The van der Waals surface area contributed by atoms with E-state index >= 15 is 0 Å². The van der Waals surface area contributed by atoms with E-state index in [0.29, 0.717) is 11.3 Å². The van der Waals surface area contributed by atoms with Crippen LogP contribution in [0.2, 0.25) is 0 Å². The molecule has 3 rings (SSSR count). The Balaban J connectivity index is 1.73. The van der Waals surface area contributed by atoms with E-state index in [1.54, 1.807) is 30.5 Å². The first-order valence-corrected chi connectivity index (χ1v) is 7.80. The molecule has 0 unspecified atom stereocenters. The topological polar surface area (TPSA) is 75.5 Å². The highest BCUT2D eigenvalue weighted by molar-refractivity contribution is 6.01. The monoisotopic (exact) mass is 334 g/mol. The van der Waals surface area contributed by atoms with E-state index in [9.17, 15) is 9.59 Å². The summed E-state index contributed by atoms with van der Waals surface area (Å²) in [5.41, 5.74) is 5.51. The van der Waals surface area contributed by atoms with Gasteiger partial charge in [-0.2, -0.15) is 5.10 Å². The Labute approximate surface area is 145 Å². The molecule has 0 fully saturated rings. The molecule has 2 N–H and O–H groups in total. The summed E-state index contributed by atoms with van der Waals surface area (Å²) in [4.78, 5) is 23.3. The third-order valence-corrected chi connectivity index (χ3v) is 3.74. The number of para-hydroxylation sites is 1. The van der Waals surface area contributed by atoms with Crippen LogP contribution in [-0.2, 0) is 11.8 Å². The van der Waals surface area contributed by atoms with Crippen molar-refractivity contribution in [3.8, 4) is 0 Å². The normalized spacial score (nSPS) is 11.0. The second-order valence-electron chi connectivity index (χ2n) is 5.67. The molecule has 6 nitrogen and oxygen atoms in total.